The molecular weight excluding hydrogens is 256 g/mol. The van der Waals surface area contributed by atoms with Crippen LogP contribution in [0.5, 0.6) is 0 Å². The molecule has 21 heavy (non-hydrogen) atoms. The molecule has 0 aromatic rings. The van der Waals surface area contributed by atoms with E-state index in [1.807, 2.05) is 0 Å². The van der Waals surface area contributed by atoms with E-state index in [9.17, 15) is 0 Å². The third-order valence-corrected chi connectivity index (χ3v) is 7.34. The van der Waals surface area contributed by atoms with E-state index >= 15 is 0 Å². The van der Waals surface area contributed by atoms with Crippen LogP contribution in [0.4, 0.5) is 0 Å². The molecule has 0 spiro atoms. The summed E-state index contributed by atoms with van der Waals surface area (Å²) in [6.45, 7) is 8.96. The van der Waals surface area contributed by atoms with Gasteiger partial charge in [-0.15, -0.1) is 0 Å². The molecule has 4 rings (SSSR count). The van der Waals surface area contributed by atoms with Gasteiger partial charge in [0.1, 0.15) is 0 Å². The van der Waals surface area contributed by atoms with Crippen LogP contribution in [0.2, 0.25) is 0 Å². The first-order chi connectivity index (χ1) is 10.1. The average molecular weight is 290 g/mol. The highest BCUT2D eigenvalue weighted by atomic mass is 15.2. The van der Waals surface area contributed by atoms with Gasteiger partial charge in [0, 0.05) is 25.2 Å². The van der Waals surface area contributed by atoms with E-state index in [2.05, 4.69) is 30.7 Å². The Morgan fingerprint density at radius 3 is 2.57 bits per heavy atom. The molecule has 2 nitrogen and oxygen atoms in total. The summed E-state index contributed by atoms with van der Waals surface area (Å²) in [5, 5.41) is 0. The summed E-state index contributed by atoms with van der Waals surface area (Å²) in [6, 6.07) is 1.69. The molecular formula is C19H34N2. The molecule has 0 amide bonds. The maximum Gasteiger partial charge on any atom is 0.0129 e. The Morgan fingerprint density at radius 1 is 0.905 bits per heavy atom. The van der Waals surface area contributed by atoms with E-state index in [4.69, 9.17) is 0 Å². The summed E-state index contributed by atoms with van der Waals surface area (Å²) >= 11 is 0. The summed E-state index contributed by atoms with van der Waals surface area (Å²) in [7, 11) is 2.34. The maximum atomic E-state index is 2.85. The zero-order chi connectivity index (χ0) is 14.6. The Morgan fingerprint density at radius 2 is 1.76 bits per heavy atom. The molecule has 2 heteroatoms. The standard InChI is InChI=1S/C19H34N2/c1-13(2)21-6-4-5-15-9-16(10-19(15)21)18-8-14-7-17(18)12-20(3)11-14/h13-19H,4-12H2,1-3H3. The highest BCUT2D eigenvalue weighted by Gasteiger charge is 2.48. The van der Waals surface area contributed by atoms with Crippen molar-refractivity contribution in [2.24, 2.45) is 29.6 Å². The second-order valence-electron chi connectivity index (χ2n) is 9.02. The van der Waals surface area contributed by atoms with Gasteiger partial charge in [-0.1, -0.05) is 0 Å². The van der Waals surface area contributed by atoms with Crippen molar-refractivity contribution in [1.29, 1.82) is 0 Å². The minimum Gasteiger partial charge on any atom is -0.306 e. The van der Waals surface area contributed by atoms with E-state index in [-0.39, 0.29) is 0 Å². The summed E-state index contributed by atoms with van der Waals surface area (Å²) < 4.78 is 0. The van der Waals surface area contributed by atoms with E-state index in [0.717, 1.165) is 41.7 Å². The second-order valence-corrected chi connectivity index (χ2v) is 9.02. The average Bonchev–Trinajstić information content (AvgIpc) is 2.98. The van der Waals surface area contributed by atoms with Gasteiger partial charge in [0.05, 0.1) is 0 Å². The fraction of sp³-hybridized carbons (Fsp3) is 1.00. The zero-order valence-electron chi connectivity index (χ0n) is 14.3. The van der Waals surface area contributed by atoms with Crippen molar-refractivity contribution in [1.82, 2.24) is 9.80 Å². The van der Waals surface area contributed by atoms with Crippen molar-refractivity contribution in [2.75, 3.05) is 26.7 Å². The highest BCUT2D eigenvalue weighted by molar-refractivity contribution is 5.00. The van der Waals surface area contributed by atoms with Crippen molar-refractivity contribution in [3.05, 3.63) is 0 Å². The fourth-order valence-corrected chi connectivity index (χ4v) is 6.68. The van der Waals surface area contributed by atoms with Crippen molar-refractivity contribution in [3.63, 3.8) is 0 Å². The molecule has 0 aromatic carbocycles. The molecule has 2 heterocycles. The third kappa shape index (κ3) is 2.57. The fourth-order valence-electron chi connectivity index (χ4n) is 6.68. The first-order valence-corrected chi connectivity index (χ1v) is 9.56. The highest BCUT2D eigenvalue weighted by Crippen LogP contribution is 2.52. The number of likely N-dealkylation sites (tertiary alicyclic amines) is 2. The van der Waals surface area contributed by atoms with Gasteiger partial charge < -0.3 is 4.90 Å². The van der Waals surface area contributed by atoms with Crippen molar-refractivity contribution < 1.29 is 0 Å². The SMILES string of the molecule is CC(C)N1CCCC2CC(C3CC4CC3CN(C)C4)CC21. The lowest BCUT2D eigenvalue weighted by molar-refractivity contribution is 0.0810. The number of rotatable bonds is 2. The van der Waals surface area contributed by atoms with Gasteiger partial charge >= 0.3 is 0 Å². The van der Waals surface area contributed by atoms with Gasteiger partial charge in [0.2, 0.25) is 0 Å². The summed E-state index contributed by atoms with van der Waals surface area (Å²) in [4.78, 5) is 5.46. The van der Waals surface area contributed by atoms with E-state index in [1.165, 1.54) is 38.9 Å². The Hall–Kier alpha value is -0.0800. The first kappa shape index (κ1) is 14.5. The summed E-state index contributed by atoms with van der Waals surface area (Å²) in [6.07, 6.45) is 9.16. The molecule has 0 N–H and O–H groups in total. The monoisotopic (exact) mass is 290 g/mol. The smallest absolute Gasteiger partial charge is 0.0129 e. The molecule has 4 fully saturated rings. The van der Waals surface area contributed by atoms with Crippen molar-refractivity contribution in [3.8, 4) is 0 Å². The molecule has 2 saturated heterocycles. The molecule has 2 bridgehead atoms. The maximum absolute atomic E-state index is 2.85. The molecule has 2 aliphatic carbocycles. The predicted molar refractivity (Wildman–Crippen MR) is 88.3 cm³/mol. The Balaban J connectivity index is 1.46. The normalized spacial score (nSPS) is 48.0. The predicted octanol–water partition coefficient (Wildman–Crippen LogP) is 3.47. The molecule has 0 radical (unpaired) electrons. The van der Waals surface area contributed by atoms with Crippen LogP contribution in [0.25, 0.3) is 0 Å². The van der Waals surface area contributed by atoms with Gasteiger partial charge in [-0.05, 0) is 95.6 Å². The van der Waals surface area contributed by atoms with Crippen LogP contribution in [-0.2, 0) is 0 Å². The number of piperidine rings is 2. The molecule has 0 aromatic heterocycles. The molecule has 6 atom stereocenters. The number of hydrogen-bond donors (Lipinski definition) is 0. The van der Waals surface area contributed by atoms with E-state index in [1.54, 1.807) is 19.3 Å². The van der Waals surface area contributed by atoms with Gasteiger partial charge in [-0.25, -0.2) is 0 Å². The number of nitrogens with zero attached hydrogens (tertiary/aromatic N) is 2. The summed E-state index contributed by atoms with van der Waals surface area (Å²) in [5.74, 6) is 5.22. The first-order valence-electron chi connectivity index (χ1n) is 9.56. The summed E-state index contributed by atoms with van der Waals surface area (Å²) in [5.41, 5.74) is 0. The largest absolute Gasteiger partial charge is 0.306 e. The lowest BCUT2D eigenvalue weighted by atomic mass is 9.82. The second kappa shape index (κ2) is 5.53. The molecule has 2 saturated carbocycles. The van der Waals surface area contributed by atoms with Crippen LogP contribution >= 0.6 is 0 Å². The van der Waals surface area contributed by atoms with Crippen LogP contribution in [0.15, 0.2) is 0 Å². The Kier molecular flexibility index (Phi) is 3.82. The van der Waals surface area contributed by atoms with Crippen LogP contribution in [0.3, 0.4) is 0 Å². The van der Waals surface area contributed by atoms with Crippen LogP contribution in [0, 0.1) is 29.6 Å². The lowest BCUT2D eigenvalue weighted by Crippen LogP contribution is -2.46. The van der Waals surface area contributed by atoms with Crippen molar-refractivity contribution in [2.45, 2.75) is 64.5 Å². The Labute approximate surface area is 131 Å². The third-order valence-electron chi connectivity index (χ3n) is 7.34. The molecule has 2 aliphatic heterocycles. The number of fused-ring (bicyclic) bond motifs is 3. The van der Waals surface area contributed by atoms with E-state index in [0.29, 0.717) is 0 Å². The number of hydrogen-bond acceptors (Lipinski definition) is 2. The van der Waals surface area contributed by atoms with Gasteiger partial charge in [0.25, 0.3) is 0 Å². The minimum atomic E-state index is 0.755. The van der Waals surface area contributed by atoms with Gasteiger partial charge in [-0.3, -0.25) is 4.90 Å². The van der Waals surface area contributed by atoms with Gasteiger partial charge in [0.15, 0.2) is 0 Å². The Bertz CT molecular complexity index is 380. The quantitative estimate of drug-likeness (QED) is 0.768. The van der Waals surface area contributed by atoms with Gasteiger partial charge in [-0.2, -0.15) is 0 Å². The van der Waals surface area contributed by atoms with Crippen LogP contribution in [0.1, 0.15) is 52.4 Å². The van der Waals surface area contributed by atoms with Crippen molar-refractivity contribution >= 4 is 0 Å². The molecule has 6 unspecified atom stereocenters. The minimum absolute atomic E-state index is 0.755. The zero-order valence-corrected chi connectivity index (χ0v) is 14.3. The molecule has 4 aliphatic rings. The van der Waals surface area contributed by atoms with Crippen LogP contribution < -0.4 is 0 Å². The van der Waals surface area contributed by atoms with E-state index < -0.39 is 0 Å². The topological polar surface area (TPSA) is 6.48 Å². The van der Waals surface area contributed by atoms with Crippen LogP contribution in [-0.4, -0.2) is 48.6 Å². The molecule has 120 valence electrons. The lowest BCUT2D eigenvalue weighted by Gasteiger charge is -2.40.